The number of hydrogen-bond acceptors (Lipinski definition) is 7. The molecule has 2 aromatic carbocycles. The van der Waals surface area contributed by atoms with Crippen LogP contribution < -0.4 is 10.2 Å². The van der Waals surface area contributed by atoms with Crippen LogP contribution in [0.25, 0.3) is 11.5 Å². The van der Waals surface area contributed by atoms with E-state index < -0.39 is 0 Å². The summed E-state index contributed by atoms with van der Waals surface area (Å²) < 4.78 is 7.38. The zero-order chi connectivity index (χ0) is 19.8. The molecule has 5 rings (SSSR count). The topological polar surface area (TPSA) is 84.9 Å². The van der Waals surface area contributed by atoms with E-state index in [4.69, 9.17) is 21.0 Å². The van der Waals surface area contributed by atoms with Gasteiger partial charge in [-0.05, 0) is 48.9 Å². The van der Waals surface area contributed by atoms with E-state index in [9.17, 15) is 0 Å². The molecule has 3 heterocycles. The zero-order valence-corrected chi connectivity index (χ0v) is 16.5. The maximum atomic E-state index is 6.17. The smallest absolute Gasteiger partial charge is 0.248 e. The molecule has 0 amide bonds. The summed E-state index contributed by atoms with van der Waals surface area (Å²) in [4.78, 5) is 6.83. The minimum absolute atomic E-state index is 0.502. The second-order valence-corrected chi connectivity index (χ2v) is 7.21. The van der Waals surface area contributed by atoms with Crippen LogP contribution in [0.1, 0.15) is 12.3 Å². The number of anilines is 4. The lowest BCUT2D eigenvalue weighted by atomic mass is 10.2. The predicted octanol–water partition coefficient (Wildman–Crippen LogP) is 4.58. The highest BCUT2D eigenvalue weighted by molar-refractivity contribution is 6.30. The molecule has 0 fully saturated rings. The molecular formula is C20H18ClN7O. The van der Waals surface area contributed by atoms with Gasteiger partial charge in [-0.25, -0.2) is 4.68 Å². The summed E-state index contributed by atoms with van der Waals surface area (Å²) in [5, 5.41) is 16.5. The third kappa shape index (κ3) is 3.54. The maximum Gasteiger partial charge on any atom is 0.248 e. The molecule has 0 spiro atoms. The predicted molar refractivity (Wildman–Crippen MR) is 111 cm³/mol. The molecule has 8 nitrogen and oxygen atoms in total. The highest BCUT2D eigenvalue weighted by Crippen LogP contribution is 2.31. The van der Waals surface area contributed by atoms with Crippen LogP contribution in [0.5, 0.6) is 0 Å². The van der Waals surface area contributed by atoms with Gasteiger partial charge in [0.15, 0.2) is 0 Å². The van der Waals surface area contributed by atoms with Crippen LogP contribution in [-0.4, -0.2) is 31.5 Å². The van der Waals surface area contributed by atoms with Crippen LogP contribution in [0.15, 0.2) is 52.9 Å². The molecule has 0 radical (unpaired) electrons. The second kappa shape index (κ2) is 7.21. The summed E-state index contributed by atoms with van der Waals surface area (Å²) in [5.74, 6) is 2.40. The highest BCUT2D eigenvalue weighted by atomic mass is 35.5. The molecule has 2 aromatic heterocycles. The first-order valence-electron chi connectivity index (χ1n) is 9.31. The van der Waals surface area contributed by atoms with E-state index >= 15 is 0 Å². The van der Waals surface area contributed by atoms with Crippen LogP contribution in [0, 0.1) is 6.92 Å². The number of aromatic nitrogens is 5. The van der Waals surface area contributed by atoms with Gasteiger partial charge in [-0.15, -0.1) is 15.3 Å². The molecule has 9 heteroatoms. The number of halogens is 1. The standard InChI is InChI=1S/C20H18ClN7O/c1-13-24-25-18(29-13)14-6-8-16(9-7-14)22-19-23-20-27(10-3-11-28(20)26-19)17-5-2-4-15(21)12-17/h2,4-9,12H,3,10-11H2,1H3,(H,22,26). The average Bonchev–Trinajstić information content (AvgIpc) is 3.34. The van der Waals surface area contributed by atoms with Crippen molar-refractivity contribution in [2.75, 3.05) is 16.8 Å². The van der Waals surface area contributed by atoms with E-state index in [0.717, 1.165) is 42.4 Å². The Hall–Kier alpha value is -3.39. The fraction of sp³-hybridized carbons (Fsp3) is 0.200. The summed E-state index contributed by atoms with van der Waals surface area (Å²) in [5.41, 5.74) is 2.75. The second-order valence-electron chi connectivity index (χ2n) is 6.77. The van der Waals surface area contributed by atoms with E-state index in [-0.39, 0.29) is 0 Å². The van der Waals surface area contributed by atoms with Gasteiger partial charge in [-0.2, -0.15) is 4.98 Å². The maximum absolute atomic E-state index is 6.17. The first-order valence-corrected chi connectivity index (χ1v) is 9.69. The van der Waals surface area contributed by atoms with Crippen LogP contribution in [0.2, 0.25) is 5.02 Å². The SMILES string of the molecule is Cc1nnc(-c2ccc(Nc3nc4n(n3)CCCN4c3cccc(Cl)c3)cc2)o1. The lowest BCUT2D eigenvalue weighted by Gasteiger charge is -2.27. The minimum Gasteiger partial charge on any atom is -0.421 e. The first kappa shape index (κ1) is 17.7. The van der Waals surface area contributed by atoms with Crippen molar-refractivity contribution in [3.8, 4) is 11.5 Å². The van der Waals surface area contributed by atoms with Gasteiger partial charge in [0.25, 0.3) is 0 Å². The quantitative estimate of drug-likeness (QED) is 0.530. The summed E-state index contributed by atoms with van der Waals surface area (Å²) in [6.45, 7) is 3.47. The molecule has 0 atom stereocenters. The van der Waals surface area contributed by atoms with Gasteiger partial charge in [0.2, 0.25) is 23.7 Å². The molecule has 0 unspecified atom stereocenters. The van der Waals surface area contributed by atoms with Crippen LogP contribution in [-0.2, 0) is 6.54 Å². The molecule has 0 aliphatic carbocycles. The number of nitrogens with one attached hydrogen (secondary N) is 1. The van der Waals surface area contributed by atoms with Gasteiger partial charge in [-0.1, -0.05) is 17.7 Å². The van der Waals surface area contributed by atoms with Crippen LogP contribution >= 0.6 is 11.6 Å². The summed E-state index contributed by atoms with van der Waals surface area (Å²) in [6.07, 6.45) is 0.987. The molecule has 0 bridgehead atoms. The summed E-state index contributed by atoms with van der Waals surface area (Å²) >= 11 is 6.17. The normalized spacial score (nSPS) is 13.4. The summed E-state index contributed by atoms with van der Waals surface area (Å²) in [6, 6.07) is 15.5. The van der Waals surface area contributed by atoms with E-state index in [2.05, 4.69) is 25.5 Å². The Morgan fingerprint density at radius 1 is 1.07 bits per heavy atom. The van der Waals surface area contributed by atoms with Crippen molar-refractivity contribution in [3.05, 3.63) is 59.4 Å². The Balaban J connectivity index is 1.38. The number of hydrogen-bond donors (Lipinski definition) is 1. The Morgan fingerprint density at radius 3 is 2.69 bits per heavy atom. The molecule has 0 saturated heterocycles. The van der Waals surface area contributed by atoms with Crippen molar-refractivity contribution in [2.24, 2.45) is 0 Å². The fourth-order valence-electron chi connectivity index (χ4n) is 3.34. The third-order valence-corrected chi connectivity index (χ3v) is 4.91. The first-order chi connectivity index (χ1) is 14.2. The van der Waals surface area contributed by atoms with Crippen LogP contribution in [0.4, 0.5) is 23.3 Å². The molecule has 1 N–H and O–H groups in total. The van der Waals surface area contributed by atoms with E-state index in [1.165, 1.54) is 0 Å². The Bertz CT molecular complexity index is 1150. The largest absolute Gasteiger partial charge is 0.421 e. The van der Waals surface area contributed by atoms with E-state index in [0.29, 0.717) is 22.8 Å². The molecule has 1 aliphatic heterocycles. The number of nitrogens with zero attached hydrogens (tertiary/aromatic N) is 6. The lowest BCUT2D eigenvalue weighted by molar-refractivity contribution is 0.533. The van der Waals surface area contributed by atoms with Gasteiger partial charge >= 0.3 is 0 Å². The van der Waals surface area contributed by atoms with Gasteiger partial charge in [0, 0.05) is 42.0 Å². The van der Waals surface area contributed by atoms with Gasteiger partial charge in [0.05, 0.1) is 0 Å². The van der Waals surface area contributed by atoms with Gasteiger partial charge in [-0.3, -0.25) is 0 Å². The summed E-state index contributed by atoms with van der Waals surface area (Å²) in [7, 11) is 0. The zero-order valence-electron chi connectivity index (χ0n) is 15.7. The number of fused-ring (bicyclic) bond motifs is 1. The Kier molecular flexibility index (Phi) is 4.40. The molecule has 29 heavy (non-hydrogen) atoms. The molecule has 146 valence electrons. The van der Waals surface area contributed by atoms with Crippen molar-refractivity contribution < 1.29 is 4.42 Å². The monoisotopic (exact) mass is 407 g/mol. The van der Waals surface area contributed by atoms with Crippen molar-refractivity contribution >= 4 is 34.9 Å². The fourth-order valence-corrected chi connectivity index (χ4v) is 3.53. The molecule has 1 aliphatic rings. The van der Waals surface area contributed by atoms with Crippen LogP contribution in [0.3, 0.4) is 0 Å². The average molecular weight is 408 g/mol. The highest BCUT2D eigenvalue weighted by Gasteiger charge is 2.22. The lowest BCUT2D eigenvalue weighted by Crippen LogP contribution is -2.28. The molecular weight excluding hydrogens is 390 g/mol. The molecule has 4 aromatic rings. The Labute approximate surface area is 172 Å². The van der Waals surface area contributed by atoms with Gasteiger partial charge in [0.1, 0.15) is 0 Å². The van der Waals surface area contributed by atoms with Crippen molar-refractivity contribution in [2.45, 2.75) is 19.9 Å². The number of benzene rings is 2. The Morgan fingerprint density at radius 2 is 1.93 bits per heavy atom. The number of rotatable bonds is 4. The number of aryl methyl sites for hydroxylation is 2. The van der Waals surface area contributed by atoms with E-state index in [1.54, 1.807) is 6.92 Å². The van der Waals surface area contributed by atoms with Gasteiger partial charge < -0.3 is 14.6 Å². The van der Waals surface area contributed by atoms with Crippen molar-refractivity contribution in [1.82, 2.24) is 25.0 Å². The minimum atomic E-state index is 0.502. The molecule has 0 saturated carbocycles. The van der Waals surface area contributed by atoms with Crippen molar-refractivity contribution in [3.63, 3.8) is 0 Å². The van der Waals surface area contributed by atoms with Crippen molar-refractivity contribution in [1.29, 1.82) is 0 Å². The van der Waals surface area contributed by atoms with E-state index in [1.807, 2.05) is 53.2 Å². The third-order valence-electron chi connectivity index (χ3n) is 4.68.